The third kappa shape index (κ3) is 5.47. The molecule has 0 fully saturated rings. The molecule has 0 atom stereocenters. The number of benzene rings is 1. The van der Waals surface area contributed by atoms with Gasteiger partial charge < -0.3 is 9.47 Å². The van der Waals surface area contributed by atoms with E-state index in [9.17, 15) is 0 Å². The molecule has 1 aromatic rings. The van der Waals surface area contributed by atoms with Crippen LogP contribution >= 0.6 is 23.2 Å². The van der Waals surface area contributed by atoms with Crippen LogP contribution in [0.4, 0.5) is 0 Å². The van der Waals surface area contributed by atoms with Gasteiger partial charge in [0.25, 0.3) is 0 Å². The SMILES string of the molecule is ClCCCOc1[c]cc(OCCCCl)cc1. The van der Waals surface area contributed by atoms with Gasteiger partial charge >= 0.3 is 0 Å². The molecular weight excluding hydrogens is 247 g/mol. The maximum atomic E-state index is 5.55. The molecule has 1 rings (SSSR count). The Kier molecular flexibility index (Phi) is 7.19. The average molecular weight is 262 g/mol. The number of alkyl halides is 2. The van der Waals surface area contributed by atoms with Crippen molar-refractivity contribution in [2.75, 3.05) is 25.0 Å². The Bertz CT molecular complexity index is 246. The number of hydrogen-bond acceptors (Lipinski definition) is 2. The van der Waals surface area contributed by atoms with Crippen molar-refractivity contribution in [2.45, 2.75) is 12.8 Å². The van der Waals surface area contributed by atoms with Gasteiger partial charge in [-0.3, -0.25) is 0 Å². The summed E-state index contributed by atoms with van der Waals surface area (Å²) in [6, 6.07) is 8.47. The zero-order chi connectivity index (χ0) is 11.6. The first-order valence-electron chi connectivity index (χ1n) is 5.26. The molecule has 4 heteroatoms. The fourth-order valence-corrected chi connectivity index (χ4v) is 1.28. The summed E-state index contributed by atoms with van der Waals surface area (Å²) in [4.78, 5) is 0. The molecule has 1 aromatic carbocycles. The van der Waals surface area contributed by atoms with Crippen LogP contribution in [0.5, 0.6) is 11.5 Å². The van der Waals surface area contributed by atoms with E-state index >= 15 is 0 Å². The lowest BCUT2D eigenvalue weighted by molar-refractivity contribution is 0.309. The van der Waals surface area contributed by atoms with Crippen LogP contribution in [0.1, 0.15) is 12.8 Å². The highest BCUT2D eigenvalue weighted by Gasteiger charge is 1.96. The second-order valence-corrected chi connectivity index (χ2v) is 3.93. The second-order valence-electron chi connectivity index (χ2n) is 3.17. The van der Waals surface area contributed by atoms with E-state index < -0.39 is 0 Å². The summed E-state index contributed by atoms with van der Waals surface area (Å²) in [6.07, 6.45) is 1.68. The van der Waals surface area contributed by atoms with E-state index in [4.69, 9.17) is 32.7 Å². The van der Waals surface area contributed by atoms with Crippen LogP contribution in [-0.4, -0.2) is 25.0 Å². The normalized spacial score (nSPS) is 10.1. The predicted molar refractivity (Wildman–Crippen MR) is 66.9 cm³/mol. The predicted octanol–water partition coefficient (Wildman–Crippen LogP) is 3.50. The van der Waals surface area contributed by atoms with Gasteiger partial charge in [0.15, 0.2) is 0 Å². The molecule has 0 bridgehead atoms. The molecule has 0 saturated carbocycles. The minimum Gasteiger partial charge on any atom is -0.494 e. The van der Waals surface area contributed by atoms with Crippen molar-refractivity contribution in [3.8, 4) is 11.5 Å². The lowest BCUT2D eigenvalue weighted by Gasteiger charge is -2.07. The highest BCUT2D eigenvalue weighted by Crippen LogP contribution is 2.17. The monoisotopic (exact) mass is 261 g/mol. The third-order valence-electron chi connectivity index (χ3n) is 1.84. The zero-order valence-electron chi connectivity index (χ0n) is 9.05. The Morgan fingerprint density at radius 1 is 1.00 bits per heavy atom. The van der Waals surface area contributed by atoms with E-state index in [1.807, 2.05) is 12.1 Å². The topological polar surface area (TPSA) is 18.5 Å². The van der Waals surface area contributed by atoms with Crippen molar-refractivity contribution in [1.82, 2.24) is 0 Å². The lowest BCUT2D eigenvalue weighted by atomic mass is 10.3. The van der Waals surface area contributed by atoms with Gasteiger partial charge in [-0.2, -0.15) is 0 Å². The van der Waals surface area contributed by atoms with Crippen molar-refractivity contribution in [2.24, 2.45) is 0 Å². The number of hydrogen-bond donors (Lipinski definition) is 0. The quantitative estimate of drug-likeness (QED) is 0.527. The first-order chi connectivity index (χ1) is 7.86. The molecule has 0 aromatic heterocycles. The molecule has 0 N–H and O–H groups in total. The average Bonchev–Trinajstić information content (AvgIpc) is 2.32. The summed E-state index contributed by atoms with van der Waals surface area (Å²) in [7, 11) is 0. The van der Waals surface area contributed by atoms with Gasteiger partial charge in [0.2, 0.25) is 0 Å². The molecule has 89 valence electrons. The van der Waals surface area contributed by atoms with Gasteiger partial charge in [-0.1, -0.05) is 0 Å². The number of ether oxygens (including phenoxy) is 2. The fraction of sp³-hybridized carbons (Fsp3) is 0.500. The van der Waals surface area contributed by atoms with Crippen molar-refractivity contribution < 1.29 is 9.47 Å². The Balaban J connectivity index is 2.30. The molecule has 0 aliphatic rings. The number of rotatable bonds is 8. The Morgan fingerprint density at radius 3 is 2.25 bits per heavy atom. The third-order valence-corrected chi connectivity index (χ3v) is 2.37. The fourth-order valence-electron chi connectivity index (χ4n) is 1.06. The molecule has 0 unspecified atom stereocenters. The largest absolute Gasteiger partial charge is 0.494 e. The Hall–Kier alpha value is -0.600. The van der Waals surface area contributed by atoms with Gasteiger partial charge in [0, 0.05) is 17.8 Å². The van der Waals surface area contributed by atoms with Crippen LogP contribution in [0, 0.1) is 6.07 Å². The summed E-state index contributed by atoms with van der Waals surface area (Å²) in [6.45, 7) is 1.25. The molecular formula is C12H15Cl2O2. The zero-order valence-corrected chi connectivity index (χ0v) is 10.6. The van der Waals surface area contributed by atoms with Crippen LogP contribution < -0.4 is 9.47 Å². The summed E-state index contributed by atoms with van der Waals surface area (Å²) in [5, 5.41) is 0. The molecule has 0 aliphatic heterocycles. The maximum Gasteiger partial charge on any atom is 0.127 e. The minimum absolute atomic E-state index is 0.611. The van der Waals surface area contributed by atoms with Gasteiger partial charge in [-0.05, 0) is 31.0 Å². The van der Waals surface area contributed by atoms with Crippen LogP contribution in [0.3, 0.4) is 0 Å². The van der Waals surface area contributed by atoms with E-state index in [2.05, 4.69) is 6.07 Å². The summed E-state index contributed by atoms with van der Waals surface area (Å²) in [5.74, 6) is 2.73. The molecule has 0 aliphatic carbocycles. The molecule has 0 amide bonds. The van der Waals surface area contributed by atoms with Crippen LogP contribution in [0.15, 0.2) is 18.2 Å². The molecule has 0 spiro atoms. The maximum absolute atomic E-state index is 5.55. The van der Waals surface area contributed by atoms with Gasteiger partial charge in [-0.25, -0.2) is 0 Å². The van der Waals surface area contributed by atoms with E-state index in [-0.39, 0.29) is 0 Å². The summed E-state index contributed by atoms with van der Waals surface area (Å²) >= 11 is 11.1. The van der Waals surface area contributed by atoms with Crippen LogP contribution in [0.25, 0.3) is 0 Å². The van der Waals surface area contributed by atoms with Gasteiger partial charge in [-0.15, -0.1) is 23.2 Å². The standard InChI is InChI=1S/C12H15Cl2O2/c13-7-1-9-15-11-3-5-12(6-4-11)16-10-2-8-14/h3-5H,1-2,7-10H2. The van der Waals surface area contributed by atoms with Crippen molar-refractivity contribution in [1.29, 1.82) is 0 Å². The molecule has 0 saturated heterocycles. The Morgan fingerprint density at radius 2 is 1.69 bits per heavy atom. The van der Waals surface area contributed by atoms with Gasteiger partial charge in [0.1, 0.15) is 11.5 Å². The van der Waals surface area contributed by atoms with Crippen LogP contribution in [-0.2, 0) is 0 Å². The van der Waals surface area contributed by atoms with Crippen molar-refractivity contribution in [3.05, 3.63) is 24.3 Å². The van der Waals surface area contributed by atoms with E-state index in [0.717, 1.165) is 24.3 Å². The molecule has 0 heterocycles. The van der Waals surface area contributed by atoms with E-state index in [0.29, 0.717) is 25.0 Å². The number of halogens is 2. The lowest BCUT2D eigenvalue weighted by Crippen LogP contribution is -1.99. The van der Waals surface area contributed by atoms with E-state index in [1.165, 1.54) is 0 Å². The minimum atomic E-state index is 0.611. The molecule has 1 radical (unpaired) electrons. The van der Waals surface area contributed by atoms with Crippen molar-refractivity contribution >= 4 is 23.2 Å². The molecule has 16 heavy (non-hydrogen) atoms. The summed E-state index contributed by atoms with van der Waals surface area (Å²) < 4.78 is 10.8. The molecule has 2 nitrogen and oxygen atoms in total. The summed E-state index contributed by atoms with van der Waals surface area (Å²) in [5.41, 5.74) is 0. The Labute approximate surface area is 106 Å². The smallest absolute Gasteiger partial charge is 0.127 e. The first kappa shape index (κ1) is 13.5. The van der Waals surface area contributed by atoms with Gasteiger partial charge in [0.05, 0.1) is 13.2 Å². The highest BCUT2D eigenvalue weighted by atomic mass is 35.5. The van der Waals surface area contributed by atoms with E-state index in [1.54, 1.807) is 6.07 Å². The first-order valence-corrected chi connectivity index (χ1v) is 6.33. The second kappa shape index (κ2) is 8.54. The van der Waals surface area contributed by atoms with Crippen LogP contribution in [0.2, 0.25) is 0 Å². The highest BCUT2D eigenvalue weighted by molar-refractivity contribution is 6.18. The van der Waals surface area contributed by atoms with Crippen molar-refractivity contribution in [3.63, 3.8) is 0 Å².